The largest absolute Gasteiger partial charge is 0.289 e. The molecule has 0 unspecified atom stereocenters. The van der Waals surface area contributed by atoms with Gasteiger partial charge in [-0.3, -0.25) is 9.79 Å². The molecule has 2 heteroatoms. The van der Waals surface area contributed by atoms with Crippen molar-refractivity contribution in [2.75, 3.05) is 0 Å². The van der Waals surface area contributed by atoms with Gasteiger partial charge in [-0.2, -0.15) is 0 Å². The highest BCUT2D eigenvalue weighted by atomic mass is 16.1. The van der Waals surface area contributed by atoms with Crippen molar-refractivity contribution < 1.29 is 4.79 Å². The highest BCUT2D eigenvalue weighted by molar-refractivity contribution is 6.09. The number of ketones is 1. The van der Waals surface area contributed by atoms with E-state index in [0.717, 1.165) is 18.5 Å². The third-order valence-electron chi connectivity index (χ3n) is 3.09. The van der Waals surface area contributed by atoms with Gasteiger partial charge in [-0.1, -0.05) is 43.7 Å². The first-order valence-electron chi connectivity index (χ1n) is 7.03. The van der Waals surface area contributed by atoms with E-state index in [-0.39, 0.29) is 5.78 Å². The molecule has 0 aliphatic carbocycles. The molecule has 0 radical (unpaired) electrons. The molecule has 0 saturated carbocycles. The van der Waals surface area contributed by atoms with Crippen LogP contribution in [0.4, 0.5) is 5.69 Å². The summed E-state index contributed by atoms with van der Waals surface area (Å²) in [6, 6.07) is 16.8. The van der Waals surface area contributed by atoms with Crippen LogP contribution in [0.5, 0.6) is 0 Å². The number of rotatable bonds is 6. The maximum atomic E-state index is 12.2. The van der Waals surface area contributed by atoms with Gasteiger partial charge in [0.2, 0.25) is 0 Å². The van der Waals surface area contributed by atoms with Crippen molar-refractivity contribution in [1.82, 2.24) is 0 Å². The van der Waals surface area contributed by atoms with Crippen molar-refractivity contribution in [3.05, 3.63) is 65.7 Å². The summed E-state index contributed by atoms with van der Waals surface area (Å²) in [5.74, 6) is 0.0483. The molecule has 0 bridgehead atoms. The highest BCUT2D eigenvalue weighted by Gasteiger charge is 2.07. The summed E-state index contributed by atoms with van der Waals surface area (Å²) in [5, 5.41) is 0. The van der Waals surface area contributed by atoms with Crippen LogP contribution in [0, 0.1) is 0 Å². The molecule has 2 rings (SSSR count). The molecule has 0 fully saturated rings. The Hall–Kier alpha value is -2.22. The molecule has 0 aliphatic heterocycles. The first-order chi connectivity index (χ1) is 9.81. The summed E-state index contributed by atoms with van der Waals surface area (Å²) < 4.78 is 0. The monoisotopic (exact) mass is 265 g/mol. The quantitative estimate of drug-likeness (QED) is 0.418. The standard InChI is InChI=1S/C18H19NO/c1-2-3-7-14-19-17-12-10-16(11-13-17)18(20)15-8-5-4-6-9-15/h4-6,8-14H,2-3,7H2,1H3. The van der Waals surface area contributed by atoms with Gasteiger partial charge in [0.15, 0.2) is 5.78 Å². The van der Waals surface area contributed by atoms with Gasteiger partial charge in [-0.25, -0.2) is 0 Å². The normalized spacial score (nSPS) is 10.8. The van der Waals surface area contributed by atoms with Crippen molar-refractivity contribution in [2.24, 2.45) is 4.99 Å². The van der Waals surface area contributed by atoms with Gasteiger partial charge in [0.25, 0.3) is 0 Å². The fraction of sp³-hybridized carbons (Fsp3) is 0.222. The Bertz CT molecular complexity index is 570. The summed E-state index contributed by atoms with van der Waals surface area (Å²) in [6.07, 6.45) is 5.28. The molecule has 0 atom stereocenters. The zero-order valence-electron chi connectivity index (χ0n) is 11.8. The molecule has 2 aromatic carbocycles. The fourth-order valence-electron chi connectivity index (χ4n) is 1.92. The lowest BCUT2D eigenvalue weighted by molar-refractivity contribution is 0.103. The van der Waals surface area contributed by atoms with Gasteiger partial charge in [-0.15, -0.1) is 0 Å². The minimum atomic E-state index is 0.0483. The first kappa shape index (κ1) is 14.2. The lowest BCUT2D eigenvalue weighted by Crippen LogP contribution is -1.99. The van der Waals surface area contributed by atoms with E-state index in [9.17, 15) is 4.79 Å². The molecule has 0 aromatic heterocycles. The zero-order valence-corrected chi connectivity index (χ0v) is 11.8. The van der Waals surface area contributed by atoms with Crippen LogP contribution in [0.1, 0.15) is 42.1 Å². The van der Waals surface area contributed by atoms with E-state index in [1.807, 2.05) is 60.8 Å². The SMILES string of the molecule is CCCCC=Nc1ccc(C(=O)c2ccccc2)cc1. The Kier molecular flexibility index (Phi) is 5.24. The summed E-state index contributed by atoms with van der Waals surface area (Å²) in [7, 11) is 0. The number of benzene rings is 2. The number of carbonyl (C=O) groups excluding carboxylic acids is 1. The van der Waals surface area contributed by atoms with Gasteiger partial charge in [0.05, 0.1) is 5.69 Å². The van der Waals surface area contributed by atoms with Gasteiger partial charge >= 0.3 is 0 Å². The number of hydrogen-bond acceptors (Lipinski definition) is 2. The molecule has 102 valence electrons. The van der Waals surface area contributed by atoms with Crippen molar-refractivity contribution in [2.45, 2.75) is 26.2 Å². The Labute approximate surface area is 120 Å². The predicted molar refractivity (Wildman–Crippen MR) is 84.0 cm³/mol. The predicted octanol–water partition coefficient (Wildman–Crippen LogP) is 4.81. The second-order valence-electron chi connectivity index (χ2n) is 4.70. The molecule has 20 heavy (non-hydrogen) atoms. The summed E-state index contributed by atoms with van der Waals surface area (Å²) in [4.78, 5) is 16.6. The number of nitrogens with zero attached hydrogens (tertiary/aromatic N) is 1. The van der Waals surface area contributed by atoms with Gasteiger partial charge in [0.1, 0.15) is 0 Å². The number of carbonyl (C=O) groups is 1. The summed E-state index contributed by atoms with van der Waals surface area (Å²) >= 11 is 0. The van der Waals surface area contributed by atoms with Crippen molar-refractivity contribution in [1.29, 1.82) is 0 Å². The van der Waals surface area contributed by atoms with Crippen molar-refractivity contribution in [3.8, 4) is 0 Å². The molecule has 0 spiro atoms. The number of unbranched alkanes of at least 4 members (excludes halogenated alkanes) is 2. The molecular weight excluding hydrogens is 246 g/mol. The zero-order chi connectivity index (χ0) is 14.2. The highest BCUT2D eigenvalue weighted by Crippen LogP contribution is 2.15. The topological polar surface area (TPSA) is 29.4 Å². The number of aliphatic imine (C=N–C) groups is 1. The van der Waals surface area contributed by atoms with Crippen molar-refractivity contribution >= 4 is 17.7 Å². The Morgan fingerprint density at radius 2 is 1.65 bits per heavy atom. The summed E-state index contributed by atoms with van der Waals surface area (Å²) in [5.41, 5.74) is 2.31. The van der Waals surface area contributed by atoms with E-state index in [0.29, 0.717) is 11.1 Å². The minimum absolute atomic E-state index is 0.0483. The molecule has 0 heterocycles. The number of hydrogen-bond donors (Lipinski definition) is 0. The van der Waals surface area contributed by atoms with E-state index < -0.39 is 0 Å². The van der Waals surface area contributed by atoms with Crippen LogP contribution in [0.15, 0.2) is 59.6 Å². The van der Waals surface area contributed by atoms with Crippen LogP contribution >= 0.6 is 0 Å². The Morgan fingerprint density at radius 1 is 1.00 bits per heavy atom. The van der Waals surface area contributed by atoms with E-state index in [2.05, 4.69) is 11.9 Å². The fourth-order valence-corrected chi connectivity index (χ4v) is 1.92. The third-order valence-corrected chi connectivity index (χ3v) is 3.09. The third kappa shape index (κ3) is 3.89. The van der Waals surface area contributed by atoms with Gasteiger partial charge in [-0.05, 0) is 37.1 Å². The summed E-state index contributed by atoms with van der Waals surface area (Å²) in [6.45, 7) is 2.16. The molecule has 0 amide bonds. The van der Waals surface area contributed by atoms with E-state index in [1.54, 1.807) is 0 Å². The van der Waals surface area contributed by atoms with Crippen LogP contribution in [0.2, 0.25) is 0 Å². The second-order valence-corrected chi connectivity index (χ2v) is 4.70. The molecule has 2 nitrogen and oxygen atoms in total. The minimum Gasteiger partial charge on any atom is -0.289 e. The van der Waals surface area contributed by atoms with Crippen molar-refractivity contribution in [3.63, 3.8) is 0 Å². The van der Waals surface area contributed by atoms with Crippen LogP contribution in [-0.2, 0) is 0 Å². The molecule has 0 N–H and O–H groups in total. The average Bonchev–Trinajstić information content (AvgIpc) is 2.52. The maximum Gasteiger partial charge on any atom is 0.193 e. The van der Waals surface area contributed by atoms with Crippen LogP contribution in [0.3, 0.4) is 0 Å². The Morgan fingerprint density at radius 3 is 2.30 bits per heavy atom. The van der Waals surface area contributed by atoms with E-state index in [4.69, 9.17) is 0 Å². The Balaban J connectivity index is 2.05. The van der Waals surface area contributed by atoms with Crippen LogP contribution in [0.25, 0.3) is 0 Å². The molecule has 0 aliphatic rings. The first-order valence-corrected chi connectivity index (χ1v) is 7.03. The van der Waals surface area contributed by atoms with Crippen LogP contribution < -0.4 is 0 Å². The van der Waals surface area contributed by atoms with E-state index in [1.165, 1.54) is 6.42 Å². The van der Waals surface area contributed by atoms with Gasteiger partial charge in [0, 0.05) is 17.3 Å². The lowest BCUT2D eigenvalue weighted by atomic mass is 10.0. The second kappa shape index (κ2) is 7.39. The molecule has 0 saturated heterocycles. The van der Waals surface area contributed by atoms with Crippen LogP contribution in [-0.4, -0.2) is 12.0 Å². The molecular formula is C18H19NO. The smallest absolute Gasteiger partial charge is 0.193 e. The average molecular weight is 265 g/mol. The maximum absolute atomic E-state index is 12.2. The molecule has 2 aromatic rings. The lowest BCUT2D eigenvalue weighted by Gasteiger charge is -2.01. The van der Waals surface area contributed by atoms with Gasteiger partial charge < -0.3 is 0 Å². The van der Waals surface area contributed by atoms with E-state index >= 15 is 0 Å².